The zero-order valence-corrected chi connectivity index (χ0v) is 11.2. The molecule has 16 heavy (non-hydrogen) atoms. The van der Waals surface area contributed by atoms with Gasteiger partial charge in [-0.05, 0) is 38.7 Å². The molecular weight excluding hydrogens is 216 g/mol. The predicted molar refractivity (Wildman–Crippen MR) is 68.6 cm³/mol. The standard InChI is InChI=1S/C13H22O2Si/c1-16(14-11-7-8-12-15-16)13-9-5-3-2-4-6-10-13/h2-3,7-8,13H,4-6,9-12H2,1H3/b3-2-. The van der Waals surface area contributed by atoms with E-state index >= 15 is 0 Å². The second-order valence-electron chi connectivity index (χ2n) is 4.79. The van der Waals surface area contributed by atoms with E-state index in [-0.39, 0.29) is 0 Å². The average molecular weight is 238 g/mol. The lowest BCUT2D eigenvalue weighted by Gasteiger charge is -2.33. The van der Waals surface area contributed by atoms with Gasteiger partial charge in [-0.2, -0.15) is 0 Å². The van der Waals surface area contributed by atoms with Gasteiger partial charge < -0.3 is 8.85 Å². The Morgan fingerprint density at radius 2 is 1.62 bits per heavy atom. The molecule has 2 aliphatic rings. The van der Waals surface area contributed by atoms with Crippen molar-refractivity contribution in [3.8, 4) is 0 Å². The second kappa shape index (κ2) is 5.80. The van der Waals surface area contributed by atoms with Crippen LogP contribution in [0.15, 0.2) is 24.3 Å². The van der Waals surface area contributed by atoms with Crippen LogP contribution in [0, 0.1) is 0 Å². The van der Waals surface area contributed by atoms with Crippen LogP contribution in [0.1, 0.15) is 32.1 Å². The topological polar surface area (TPSA) is 18.5 Å². The normalized spacial score (nSPS) is 32.4. The Hall–Kier alpha value is -0.383. The van der Waals surface area contributed by atoms with Crippen molar-refractivity contribution in [1.82, 2.24) is 0 Å². The maximum atomic E-state index is 6.03. The van der Waals surface area contributed by atoms with Crippen LogP contribution >= 0.6 is 0 Å². The first-order chi connectivity index (χ1) is 7.81. The van der Waals surface area contributed by atoms with Crippen LogP contribution < -0.4 is 0 Å². The highest BCUT2D eigenvalue weighted by Crippen LogP contribution is 2.35. The summed E-state index contributed by atoms with van der Waals surface area (Å²) in [6.07, 6.45) is 15.0. The Labute approximate surface area is 99.6 Å². The van der Waals surface area contributed by atoms with Crippen LogP contribution in [0.5, 0.6) is 0 Å². The minimum Gasteiger partial charge on any atom is -0.390 e. The third kappa shape index (κ3) is 3.06. The molecule has 1 aliphatic heterocycles. The van der Waals surface area contributed by atoms with Crippen LogP contribution in [0.25, 0.3) is 0 Å². The largest absolute Gasteiger partial charge is 0.390 e. The molecule has 0 aromatic heterocycles. The van der Waals surface area contributed by atoms with Gasteiger partial charge >= 0.3 is 8.56 Å². The maximum Gasteiger partial charge on any atom is 0.338 e. The molecule has 0 bridgehead atoms. The molecule has 3 heteroatoms. The Balaban J connectivity index is 2.00. The van der Waals surface area contributed by atoms with Crippen LogP contribution in [0.2, 0.25) is 12.1 Å². The van der Waals surface area contributed by atoms with Gasteiger partial charge in [0.25, 0.3) is 0 Å². The van der Waals surface area contributed by atoms with Crippen molar-refractivity contribution in [2.24, 2.45) is 0 Å². The fraction of sp³-hybridized carbons (Fsp3) is 0.692. The van der Waals surface area contributed by atoms with Gasteiger partial charge in [-0.3, -0.25) is 0 Å². The molecule has 2 nitrogen and oxygen atoms in total. The molecule has 1 aliphatic carbocycles. The molecule has 0 saturated heterocycles. The summed E-state index contributed by atoms with van der Waals surface area (Å²) in [6.45, 7) is 3.74. The first-order valence-corrected chi connectivity index (χ1v) is 8.78. The summed E-state index contributed by atoms with van der Waals surface area (Å²) >= 11 is 0. The van der Waals surface area contributed by atoms with Gasteiger partial charge in [-0.25, -0.2) is 0 Å². The molecule has 0 amide bonds. The van der Waals surface area contributed by atoms with Crippen molar-refractivity contribution in [3.05, 3.63) is 24.3 Å². The van der Waals surface area contributed by atoms with Gasteiger partial charge in [0.15, 0.2) is 0 Å². The van der Waals surface area contributed by atoms with Gasteiger partial charge in [0, 0.05) is 5.54 Å². The summed E-state index contributed by atoms with van der Waals surface area (Å²) in [7, 11) is -1.94. The van der Waals surface area contributed by atoms with E-state index in [1.165, 1.54) is 32.1 Å². The van der Waals surface area contributed by atoms with E-state index in [4.69, 9.17) is 8.85 Å². The number of hydrogen-bond acceptors (Lipinski definition) is 2. The Kier molecular flexibility index (Phi) is 4.38. The fourth-order valence-corrected chi connectivity index (χ4v) is 5.35. The minimum atomic E-state index is -1.94. The SMILES string of the molecule is C[Si]1(C2CC/C=C\CCC2)OCC=CCO1. The van der Waals surface area contributed by atoms with Crippen LogP contribution in [0.3, 0.4) is 0 Å². The monoisotopic (exact) mass is 238 g/mol. The van der Waals surface area contributed by atoms with Crippen molar-refractivity contribution in [3.63, 3.8) is 0 Å². The van der Waals surface area contributed by atoms with Gasteiger partial charge in [-0.15, -0.1) is 0 Å². The molecule has 0 N–H and O–H groups in total. The lowest BCUT2D eigenvalue weighted by molar-refractivity contribution is 0.200. The van der Waals surface area contributed by atoms with Crippen molar-refractivity contribution >= 4 is 8.56 Å². The molecule has 90 valence electrons. The molecule has 0 saturated carbocycles. The number of hydrogen-bond donors (Lipinski definition) is 0. The van der Waals surface area contributed by atoms with Crippen molar-refractivity contribution in [2.45, 2.75) is 44.2 Å². The van der Waals surface area contributed by atoms with E-state index in [0.29, 0.717) is 5.54 Å². The summed E-state index contributed by atoms with van der Waals surface area (Å²) in [5, 5.41) is 0. The average Bonchev–Trinajstić information content (AvgIpc) is 2.43. The van der Waals surface area contributed by atoms with E-state index in [9.17, 15) is 0 Å². The molecule has 0 radical (unpaired) electrons. The highest BCUT2D eigenvalue weighted by molar-refractivity contribution is 6.67. The molecule has 0 aromatic rings. The first kappa shape index (κ1) is 12.1. The summed E-state index contributed by atoms with van der Waals surface area (Å²) in [5.74, 6) is 0. The third-order valence-corrected chi connectivity index (χ3v) is 7.15. The van der Waals surface area contributed by atoms with Gasteiger partial charge in [0.2, 0.25) is 0 Å². The summed E-state index contributed by atoms with van der Waals surface area (Å²) in [6, 6.07) is 0. The summed E-state index contributed by atoms with van der Waals surface area (Å²) < 4.78 is 12.1. The summed E-state index contributed by atoms with van der Waals surface area (Å²) in [5.41, 5.74) is 0.664. The van der Waals surface area contributed by atoms with Crippen molar-refractivity contribution in [2.75, 3.05) is 13.2 Å². The highest BCUT2D eigenvalue weighted by atomic mass is 28.4. The van der Waals surface area contributed by atoms with E-state index in [0.717, 1.165) is 13.2 Å². The van der Waals surface area contributed by atoms with Crippen LogP contribution in [-0.2, 0) is 8.85 Å². The Bertz CT molecular complexity index is 263. The molecule has 1 heterocycles. The zero-order valence-electron chi connectivity index (χ0n) is 10.2. The first-order valence-electron chi connectivity index (χ1n) is 6.39. The number of allylic oxidation sites excluding steroid dienone is 2. The van der Waals surface area contributed by atoms with E-state index < -0.39 is 8.56 Å². The molecule has 2 rings (SSSR count). The highest BCUT2D eigenvalue weighted by Gasteiger charge is 2.40. The Morgan fingerprint density at radius 3 is 2.38 bits per heavy atom. The molecule has 0 spiro atoms. The van der Waals surface area contributed by atoms with Gasteiger partial charge in [0.05, 0.1) is 13.2 Å². The lowest BCUT2D eigenvalue weighted by Crippen LogP contribution is -2.43. The lowest BCUT2D eigenvalue weighted by atomic mass is 10.1. The quantitative estimate of drug-likeness (QED) is 0.514. The molecule has 1 atom stereocenters. The number of rotatable bonds is 1. The van der Waals surface area contributed by atoms with E-state index in [1.54, 1.807) is 0 Å². The maximum absolute atomic E-state index is 6.03. The molecule has 1 unspecified atom stereocenters. The Morgan fingerprint density at radius 1 is 0.938 bits per heavy atom. The van der Waals surface area contributed by atoms with Crippen molar-refractivity contribution in [1.29, 1.82) is 0 Å². The van der Waals surface area contributed by atoms with Crippen molar-refractivity contribution < 1.29 is 8.85 Å². The zero-order chi connectivity index (χ0) is 11.3. The van der Waals surface area contributed by atoms with Gasteiger partial charge in [0.1, 0.15) is 0 Å². The van der Waals surface area contributed by atoms with Crippen LogP contribution in [0.4, 0.5) is 0 Å². The van der Waals surface area contributed by atoms with E-state index in [2.05, 4.69) is 30.9 Å². The smallest absolute Gasteiger partial charge is 0.338 e. The molecular formula is C13H22O2Si. The second-order valence-corrected chi connectivity index (χ2v) is 8.21. The fourth-order valence-electron chi connectivity index (χ4n) is 2.52. The minimum absolute atomic E-state index is 0.664. The van der Waals surface area contributed by atoms with Crippen LogP contribution in [-0.4, -0.2) is 21.8 Å². The molecule has 0 aromatic carbocycles. The van der Waals surface area contributed by atoms with E-state index in [1.807, 2.05) is 0 Å². The summed E-state index contributed by atoms with van der Waals surface area (Å²) in [4.78, 5) is 0. The molecule has 0 fully saturated rings. The predicted octanol–water partition coefficient (Wildman–Crippen LogP) is 3.55. The van der Waals surface area contributed by atoms with Gasteiger partial charge in [-0.1, -0.05) is 24.3 Å². The third-order valence-electron chi connectivity index (χ3n) is 3.61.